The van der Waals surface area contributed by atoms with Crippen molar-refractivity contribution in [3.8, 4) is 11.1 Å². The van der Waals surface area contributed by atoms with E-state index in [0.29, 0.717) is 17.9 Å². The Kier molecular flexibility index (Phi) is 3.96. The van der Waals surface area contributed by atoms with E-state index in [2.05, 4.69) is 15.5 Å². The molecule has 1 amide bonds. The SMILES string of the molecule is O=C(NCc1nnc2ccccn12)c1ccc(-c2ccccc2)cc1. The van der Waals surface area contributed by atoms with E-state index < -0.39 is 0 Å². The van der Waals surface area contributed by atoms with Gasteiger partial charge in [0.25, 0.3) is 5.91 Å². The number of nitrogens with zero attached hydrogens (tertiary/aromatic N) is 3. The van der Waals surface area contributed by atoms with Gasteiger partial charge in [-0.15, -0.1) is 10.2 Å². The molecule has 0 aliphatic rings. The standard InChI is InChI=1S/C20H16N4O/c25-20(21-14-19-23-22-18-8-4-5-13-24(18)19)17-11-9-16(10-12-17)15-6-2-1-3-7-15/h1-13H,14H2,(H,21,25). The molecule has 0 aliphatic carbocycles. The zero-order chi connectivity index (χ0) is 17.1. The van der Waals surface area contributed by atoms with Crippen LogP contribution in [0.5, 0.6) is 0 Å². The van der Waals surface area contributed by atoms with Crippen LogP contribution in [0, 0.1) is 0 Å². The Balaban J connectivity index is 1.46. The van der Waals surface area contributed by atoms with Crippen molar-refractivity contribution < 1.29 is 4.79 Å². The molecule has 4 aromatic rings. The van der Waals surface area contributed by atoms with Gasteiger partial charge >= 0.3 is 0 Å². The molecule has 25 heavy (non-hydrogen) atoms. The number of nitrogens with one attached hydrogen (secondary N) is 1. The van der Waals surface area contributed by atoms with E-state index >= 15 is 0 Å². The third-order valence-electron chi connectivity index (χ3n) is 4.05. The van der Waals surface area contributed by atoms with Gasteiger partial charge in [-0.3, -0.25) is 9.20 Å². The van der Waals surface area contributed by atoms with E-state index in [1.165, 1.54) is 0 Å². The summed E-state index contributed by atoms with van der Waals surface area (Å²) in [5.74, 6) is 0.567. The number of amides is 1. The van der Waals surface area contributed by atoms with Crippen molar-refractivity contribution in [2.45, 2.75) is 6.54 Å². The van der Waals surface area contributed by atoms with Gasteiger partial charge in [0, 0.05) is 11.8 Å². The molecule has 0 radical (unpaired) electrons. The highest BCUT2D eigenvalue weighted by Gasteiger charge is 2.09. The van der Waals surface area contributed by atoms with E-state index in [1.807, 2.05) is 83.4 Å². The van der Waals surface area contributed by atoms with Crippen LogP contribution >= 0.6 is 0 Å². The summed E-state index contributed by atoms with van der Waals surface area (Å²) in [6, 6.07) is 23.3. The second kappa shape index (κ2) is 6.57. The summed E-state index contributed by atoms with van der Waals surface area (Å²) in [6.45, 7) is 0.324. The van der Waals surface area contributed by atoms with Crippen LogP contribution in [0.25, 0.3) is 16.8 Å². The van der Waals surface area contributed by atoms with Crippen molar-refractivity contribution in [2.75, 3.05) is 0 Å². The summed E-state index contributed by atoms with van der Waals surface area (Å²) in [5.41, 5.74) is 3.59. The molecule has 2 heterocycles. The van der Waals surface area contributed by atoms with Crippen molar-refractivity contribution in [3.63, 3.8) is 0 Å². The Hall–Kier alpha value is -3.47. The summed E-state index contributed by atoms with van der Waals surface area (Å²) in [5, 5.41) is 11.1. The van der Waals surface area contributed by atoms with Gasteiger partial charge < -0.3 is 5.32 Å². The lowest BCUT2D eigenvalue weighted by Gasteiger charge is -2.06. The molecular weight excluding hydrogens is 312 g/mol. The molecule has 0 unspecified atom stereocenters. The Bertz CT molecular complexity index is 1010. The molecule has 0 atom stereocenters. The molecule has 0 aliphatic heterocycles. The molecule has 0 fully saturated rings. The lowest BCUT2D eigenvalue weighted by atomic mass is 10.0. The quantitative estimate of drug-likeness (QED) is 0.625. The zero-order valence-electron chi connectivity index (χ0n) is 13.5. The molecule has 0 bridgehead atoms. The first-order chi connectivity index (χ1) is 12.3. The van der Waals surface area contributed by atoms with Gasteiger partial charge in [-0.25, -0.2) is 0 Å². The second-order valence-corrected chi connectivity index (χ2v) is 5.67. The number of hydrogen-bond acceptors (Lipinski definition) is 3. The highest BCUT2D eigenvalue weighted by atomic mass is 16.1. The van der Waals surface area contributed by atoms with Crippen LogP contribution in [-0.4, -0.2) is 20.5 Å². The Morgan fingerprint density at radius 3 is 2.36 bits per heavy atom. The van der Waals surface area contributed by atoms with Crippen LogP contribution in [-0.2, 0) is 6.54 Å². The third-order valence-corrected chi connectivity index (χ3v) is 4.05. The van der Waals surface area contributed by atoms with Crippen LogP contribution in [0.1, 0.15) is 16.2 Å². The number of hydrogen-bond donors (Lipinski definition) is 1. The molecule has 5 nitrogen and oxygen atoms in total. The number of rotatable bonds is 4. The van der Waals surface area contributed by atoms with Gasteiger partial charge in [0.2, 0.25) is 0 Å². The van der Waals surface area contributed by atoms with Crippen molar-refractivity contribution in [2.24, 2.45) is 0 Å². The maximum Gasteiger partial charge on any atom is 0.251 e. The Morgan fingerprint density at radius 2 is 1.56 bits per heavy atom. The van der Waals surface area contributed by atoms with E-state index in [0.717, 1.165) is 16.8 Å². The van der Waals surface area contributed by atoms with Gasteiger partial charge in [0.05, 0.1) is 6.54 Å². The van der Waals surface area contributed by atoms with Crippen LogP contribution in [0.3, 0.4) is 0 Å². The largest absolute Gasteiger partial charge is 0.345 e. The summed E-state index contributed by atoms with van der Waals surface area (Å²) in [4.78, 5) is 12.4. The number of benzene rings is 2. The van der Waals surface area contributed by atoms with Gasteiger partial charge in [-0.1, -0.05) is 48.5 Å². The number of carbonyl (C=O) groups is 1. The Labute approximate surface area is 145 Å². The maximum atomic E-state index is 12.4. The van der Waals surface area contributed by atoms with E-state index in [9.17, 15) is 4.79 Å². The van der Waals surface area contributed by atoms with Gasteiger partial charge in [0.1, 0.15) is 0 Å². The monoisotopic (exact) mass is 328 g/mol. The topological polar surface area (TPSA) is 59.3 Å². The van der Waals surface area contributed by atoms with Gasteiger partial charge in [-0.2, -0.15) is 0 Å². The van der Waals surface area contributed by atoms with Crippen molar-refractivity contribution >= 4 is 11.6 Å². The molecule has 0 saturated heterocycles. The van der Waals surface area contributed by atoms with Crippen LogP contribution in [0.4, 0.5) is 0 Å². The predicted molar refractivity (Wildman–Crippen MR) is 96.0 cm³/mol. The van der Waals surface area contributed by atoms with E-state index in [1.54, 1.807) is 0 Å². The third kappa shape index (κ3) is 3.12. The van der Waals surface area contributed by atoms with Crippen molar-refractivity contribution in [1.82, 2.24) is 19.9 Å². The predicted octanol–water partition coefficient (Wildman–Crippen LogP) is 3.33. The van der Waals surface area contributed by atoms with E-state index in [-0.39, 0.29) is 5.91 Å². The lowest BCUT2D eigenvalue weighted by molar-refractivity contribution is 0.0950. The summed E-state index contributed by atoms with van der Waals surface area (Å²) in [6.07, 6.45) is 1.88. The number of carbonyl (C=O) groups excluding carboxylic acids is 1. The first-order valence-electron chi connectivity index (χ1n) is 8.03. The highest BCUT2D eigenvalue weighted by Crippen LogP contribution is 2.19. The van der Waals surface area contributed by atoms with Gasteiger partial charge in [-0.05, 0) is 35.4 Å². The molecule has 2 aromatic carbocycles. The van der Waals surface area contributed by atoms with Crippen LogP contribution in [0.2, 0.25) is 0 Å². The molecule has 0 spiro atoms. The van der Waals surface area contributed by atoms with Crippen molar-refractivity contribution in [3.05, 3.63) is 90.4 Å². The zero-order valence-corrected chi connectivity index (χ0v) is 13.5. The summed E-state index contributed by atoms with van der Waals surface area (Å²) in [7, 11) is 0. The Morgan fingerprint density at radius 1 is 0.840 bits per heavy atom. The molecule has 2 aromatic heterocycles. The fraction of sp³-hybridized carbons (Fsp3) is 0.0500. The summed E-state index contributed by atoms with van der Waals surface area (Å²) < 4.78 is 1.86. The normalized spacial score (nSPS) is 10.7. The maximum absolute atomic E-state index is 12.4. The molecule has 5 heteroatoms. The molecule has 4 rings (SSSR count). The average molecular weight is 328 g/mol. The molecule has 122 valence electrons. The van der Waals surface area contributed by atoms with Crippen molar-refractivity contribution in [1.29, 1.82) is 0 Å². The smallest absolute Gasteiger partial charge is 0.251 e. The molecular formula is C20H16N4O. The number of fused-ring (bicyclic) bond motifs is 1. The van der Waals surface area contributed by atoms with E-state index in [4.69, 9.17) is 0 Å². The fourth-order valence-electron chi connectivity index (χ4n) is 2.72. The molecule has 0 saturated carbocycles. The van der Waals surface area contributed by atoms with Crippen LogP contribution < -0.4 is 5.32 Å². The first kappa shape index (κ1) is 15.1. The number of pyridine rings is 1. The van der Waals surface area contributed by atoms with Gasteiger partial charge in [0.15, 0.2) is 11.5 Å². The minimum Gasteiger partial charge on any atom is -0.345 e. The average Bonchev–Trinajstić information content (AvgIpc) is 3.10. The first-order valence-corrected chi connectivity index (χ1v) is 8.03. The lowest BCUT2D eigenvalue weighted by Crippen LogP contribution is -2.23. The minimum atomic E-state index is -0.132. The minimum absolute atomic E-state index is 0.132. The second-order valence-electron chi connectivity index (χ2n) is 5.67. The summed E-state index contributed by atoms with van der Waals surface area (Å²) >= 11 is 0. The fourth-order valence-corrected chi connectivity index (χ4v) is 2.72. The molecule has 1 N–H and O–H groups in total. The van der Waals surface area contributed by atoms with Crippen LogP contribution in [0.15, 0.2) is 79.0 Å². The highest BCUT2D eigenvalue weighted by molar-refractivity contribution is 5.94. The number of aromatic nitrogens is 3.